The molecule has 0 amide bonds. The van der Waals surface area contributed by atoms with Crippen LogP contribution in [0.4, 0.5) is 5.69 Å². The predicted molar refractivity (Wildman–Crippen MR) is 110 cm³/mol. The minimum absolute atomic E-state index is 0.244. The molecule has 8 heteroatoms. The van der Waals surface area contributed by atoms with Gasteiger partial charge in [0.05, 0.1) is 0 Å². The minimum atomic E-state index is -4.10. The number of hydrogen-bond acceptors (Lipinski definition) is 6. The van der Waals surface area contributed by atoms with Gasteiger partial charge in [-0.1, -0.05) is 0 Å². The molecule has 0 fully saturated rings. The van der Waals surface area contributed by atoms with E-state index in [1.54, 1.807) is 18.2 Å². The molecular formula is C19H29GeNO5S. The number of nitrogen functional groups attached to an aromatic ring is 1. The molecule has 1 atom stereocenters. The first-order chi connectivity index (χ1) is 12.9. The molecule has 0 saturated carbocycles. The molecule has 0 radical (unpaired) electrons. The molecule has 0 spiro atoms. The standard InChI is InChI=1S/C19H29GeNO5S/c1-5-19(20(24-6-2,25-7-3)26-8-4)27(22,23)18-14-13-17(21)15-11-9-10-12-16(15)18/h9-14,19H,5-8,21H2,1-4H3. The zero-order valence-corrected chi connectivity index (χ0v) is 19.3. The molecule has 0 bridgehead atoms. The van der Waals surface area contributed by atoms with E-state index in [2.05, 4.69) is 0 Å². The second-order valence-electron chi connectivity index (χ2n) is 6.04. The van der Waals surface area contributed by atoms with Crippen molar-refractivity contribution in [2.45, 2.75) is 43.1 Å². The van der Waals surface area contributed by atoms with Gasteiger partial charge in [-0.15, -0.1) is 0 Å². The molecule has 1 unspecified atom stereocenters. The first-order valence-electron chi connectivity index (χ1n) is 9.30. The molecule has 0 aliphatic heterocycles. The van der Waals surface area contributed by atoms with Gasteiger partial charge in [0.15, 0.2) is 0 Å². The summed E-state index contributed by atoms with van der Waals surface area (Å²) in [5.41, 5.74) is 6.59. The summed E-state index contributed by atoms with van der Waals surface area (Å²) in [7, 11) is -3.77. The van der Waals surface area contributed by atoms with Crippen molar-refractivity contribution in [2.75, 3.05) is 25.6 Å². The van der Waals surface area contributed by atoms with Crippen molar-refractivity contribution < 1.29 is 19.7 Å². The van der Waals surface area contributed by atoms with Gasteiger partial charge in [0, 0.05) is 0 Å². The molecule has 2 aromatic rings. The van der Waals surface area contributed by atoms with Gasteiger partial charge in [0.2, 0.25) is 0 Å². The third-order valence-corrected chi connectivity index (χ3v) is 16.8. The van der Waals surface area contributed by atoms with Gasteiger partial charge in [0.25, 0.3) is 0 Å². The zero-order valence-electron chi connectivity index (χ0n) is 16.4. The molecule has 0 aromatic heterocycles. The van der Waals surface area contributed by atoms with Crippen molar-refractivity contribution in [3.8, 4) is 0 Å². The Labute approximate surface area is 165 Å². The number of fused-ring (bicyclic) bond motifs is 1. The van der Waals surface area contributed by atoms with E-state index in [0.717, 1.165) is 5.39 Å². The average Bonchev–Trinajstić information content (AvgIpc) is 2.63. The molecular weight excluding hydrogens is 427 g/mol. The fraction of sp³-hybridized carbons (Fsp3) is 0.474. The van der Waals surface area contributed by atoms with Crippen molar-refractivity contribution in [3.05, 3.63) is 36.4 Å². The second-order valence-corrected chi connectivity index (χ2v) is 14.8. The van der Waals surface area contributed by atoms with Gasteiger partial charge in [-0.2, -0.15) is 0 Å². The van der Waals surface area contributed by atoms with Crippen LogP contribution in [0.3, 0.4) is 0 Å². The molecule has 0 saturated heterocycles. The Morgan fingerprint density at radius 2 is 1.41 bits per heavy atom. The summed E-state index contributed by atoms with van der Waals surface area (Å²) >= 11 is -4.10. The molecule has 6 nitrogen and oxygen atoms in total. The second kappa shape index (κ2) is 9.38. The third kappa shape index (κ3) is 4.32. The van der Waals surface area contributed by atoms with Crippen molar-refractivity contribution >= 4 is 40.6 Å². The Morgan fingerprint density at radius 1 is 0.889 bits per heavy atom. The molecule has 2 N–H and O–H groups in total. The summed E-state index contributed by atoms with van der Waals surface area (Å²) in [5, 5.41) is 1.33. The van der Waals surface area contributed by atoms with Crippen LogP contribution in [0.2, 0.25) is 0 Å². The van der Waals surface area contributed by atoms with Crippen molar-refractivity contribution in [2.24, 2.45) is 0 Å². The topological polar surface area (TPSA) is 87.9 Å². The first-order valence-corrected chi connectivity index (χ1v) is 14.6. The van der Waals surface area contributed by atoms with Gasteiger partial charge in [-0.05, 0) is 0 Å². The van der Waals surface area contributed by atoms with Crippen LogP contribution in [-0.4, -0.2) is 46.6 Å². The van der Waals surface area contributed by atoms with E-state index in [0.29, 0.717) is 37.3 Å². The van der Waals surface area contributed by atoms with Crippen LogP contribution in [0, 0.1) is 0 Å². The normalized spacial score (nSPS) is 13.8. The van der Waals surface area contributed by atoms with Crippen molar-refractivity contribution in [1.29, 1.82) is 0 Å². The van der Waals surface area contributed by atoms with Gasteiger partial charge in [0.1, 0.15) is 0 Å². The average molecular weight is 456 g/mol. The van der Waals surface area contributed by atoms with Crippen LogP contribution in [-0.2, 0) is 21.1 Å². The predicted octanol–water partition coefficient (Wildman–Crippen LogP) is 3.56. The Bertz CT molecular complexity index is 855. The van der Waals surface area contributed by atoms with Crippen LogP contribution < -0.4 is 5.73 Å². The van der Waals surface area contributed by atoms with Gasteiger partial charge in [-0.25, -0.2) is 0 Å². The SMILES string of the molecule is CC[O][Ge]([O]CC)([O]CC)[CH](CC)S(=O)(=O)c1ccc(N)c2ccccc12. The molecule has 150 valence electrons. The zero-order chi connectivity index (χ0) is 20.1. The molecule has 2 rings (SSSR count). The maximum absolute atomic E-state index is 13.7. The van der Waals surface area contributed by atoms with Crippen LogP contribution >= 0.6 is 0 Å². The van der Waals surface area contributed by atoms with Crippen LogP contribution in [0.15, 0.2) is 41.3 Å². The Balaban J connectivity index is 2.69. The Kier molecular flexibility index (Phi) is 7.70. The molecule has 27 heavy (non-hydrogen) atoms. The Hall–Kier alpha value is -1.13. The van der Waals surface area contributed by atoms with E-state index in [-0.39, 0.29) is 4.90 Å². The summed E-state index contributed by atoms with van der Waals surface area (Å²) in [6.07, 6.45) is 0.348. The summed E-state index contributed by atoms with van der Waals surface area (Å²) in [6.45, 7) is 8.35. The Morgan fingerprint density at radius 3 is 1.89 bits per heavy atom. The van der Waals surface area contributed by atoms with E-state index in [1.807, 2.05) is 45.9 Å². The van der Waals surface area contributed by atoms with Crippen molar-refractivity contribution in [1.82, 2.24) is 0 Å². The van der Waals surface area contributed by atoms with Gasteiger partial charge < -0.3 is 0 Å². The fourth-order valence-electron chi connectivity index (χ4n) is 3.36. The molecule has 0 aliphatic rings. The van der Waals surface area contributed by atoms with Gasteiger partial charge >= 0.3 is 165 Å². The van der Waals surface area contributed by atoms with Gasteiger partial charge in [-0.3, -0.25) is 0 Å². The number of nitrogens with two attached hydrogens (primary N) is 1. The van der Waals surface area contributed by atoms with Crippen LogP contribution in [0.25, 0.3) is 10.8 Å². The van der Waals surface area contributed by atoms with E-state index < -0.39 is 28.2 Å². The summed E-state index contributed by atoms with van der Waals surface area (Å²) < 4.78 is 44.4. The van der Waals surface area contributed by atoms with Crippen LogP contribution in [0.5, 0.6) is 0 Å². The summed E-state index contributed by atoms with van der Waals surface area (Å²) in [4.78, 5) is 0.244. The van der Waals surface area contributed by atoms with Crippen LogP contribution in [0.1, 0.15) is 34.1 Å². The maximum atomic E-state index is 13.7. The van der Waals surface area contributed by atoms with E-state index in [1.165, 1.54) is 0 Å². The number of hydrogen-bond donors (Lipinski definition) is 1. The van der Waals surface area contributed by atoms with E-state index in [9.17, 15) is 8.42 Å². The summed E-state index contributed by atoms with van der Waals surface area (Å²) in [6, 6.07) is 10.5. The number of rotatable bonds is 10. The first kappa shape index (κ1) is 22.2. The van der Waals surface area contributed by atoms with Crippen molar-refractivity contribution in [3.63, 3.8) is 0 Å². The number of benzene rings is 2. The molecule has 2 aromatic carbocycles. The quantitative estimate of drug-likeness (QED) is 0.435. The molecule has 0 aliphatic carbocycles. The molecule has 0 heterocycles. The van der Waals surface area contributed by atoms with E-state index >= 15 is 0 Å². The number of anilines is 1. The fourth-order valence-corrected chi connectivity index (χ4v) is 14.8. The summed E-state index contributed by atoms with van der Waals surface area (Å²) in [5.74, 6) is 0. The number of sulfone groups is 1. The third-order valence-electron chi connectivity index (χ3n) is 4.40. The monoisotopic (exact) mass is 457 g/mol. The van der Waals surface area contributed by atoms with E-state index in [4.69, 9.17) is 17.0 Å².